The van der Waals surface area contributed by atoms with Crippen LogP contribution in [0.25, 0.3) is 11.1 Å². The van der Waals surface area contributed by atoms with Gasteiger partial charge in [-0.05, 0) is 42.0 Å². The third-order valence-corrected chi connectivity index (χ3v) is 3.57. The van der Waals surface area contributed by atoms with Crippen LogP contribution in [0.2, 0.25) is 0 Å². The van der Waals surface area contributed by atoms with Crippen molar-refractivity contribution in [2.24, 2.45) is 0 Å². The monoisotopic (exact) mass is 338 g/mol. The summed E-state index contributed by atoms with van der Waals surface area (Å²) in [4.78, 5) is 20.0. The Labute approximate surface area is 143 Å². The number of carbonyl (C=O) groups excluding carboxylic acids is 1. The fourth-order valence-electron chi connectivity index (χ4n) is 2.21. The fraction of sp³-hybridized carbons (Fsp3) is 0.0556. The summed E-state index contributed by atoms with van der Waals surface area (Å²) in [5, 5.41) is 2.72. The van der Waals surface area contributed by atoms with Gasteiger partial charge in [0.25, 0.3) is 5.91 Å². The van der Waals surface area contributed by atoms with E-state index in [-0.39, 0.29) is 5.69 Å². The molecule has 0 aliphatic heterocycles. The largest absolute Gasteiger partial charge is 0.495 e. The number of nitrogens with one attached hydrogen (secondary N) is 1. The van der Waals surface area contributed by atoms with E-state index < -0.39 is 11.9 Å². The van der Waals surface area contributed by atoms with E-state index in [4.69, 9.17) is 10.5 Å². The smallest absolute Gasteiger partial charge is 0.274 e. The average molecular weight is 338 g/mol. The SMILES string of the molecule is COc1ccc(C(=O)Nc2cc(-c3ccc(F)nc3)ccc2N)nc1. The van der Waals surface area contributed by atoms with Crippen molar-refractivity contribution >= 4 is 17.3 Å². The highest BCUT2D eigenvalue weighted by Gasteiger charge is 2.11. The van der Waals surface area contributed by atoms with Crippen molar-refractivity contribution < 1.29 is 13.9 Å². The van der Waals surface area contributed by atoms with Gasteiger partial charge in [0.1, 0.15) is 11.4 Å². The van der Waals surface area contributed by atoms with E-state index in [2.05, 4.69) is 15.3 Å². The lowest BCUT2D eigenvalue weighted by Crippen LogP contribution is -2.14. The second-order valence-corrected chi connectivity index (χ2v) is 5.21. The number of benzene rings is 1. The molecule has 0 saturated carbocycles. The van der Waals surface area contributed by atoms with Crippen LogP contribution in [0.1, 0.15) is 10.5 Å². The Morgan fingerprint density at radius 1 is 1.08 bits per heavy atom. The number of rotatable bonds is 4. The molecule has 3 rings (SSSR count). The van der Waals surface area contributed by atoms with Crippen LogP contribution in [0, 0.1) is 5.95 Å². The van der Waals surface area contributed by atoms with Crippen LogP contribution in [0.15, 0.2) is 54.9 Å². The maximum Gasteiger partial charge on any atom is 0.274 e. The highest BCUT2D eigenvalue weighted by atomic mass is 19.1. The van der Waals surface area contributed by atoms with Crippen LogP contribution in [0.4, 0.5) is 15.8 Å². The fourth-order valence-corrected chi connectivity index (χ4v) is 2.21. The first-order valence-corrected chi connectivity index (χ1v) is 7.39. The molecule has 0 unspecified atom stereocenters. The number of nitrogens with zero attached hydrogens (tertiary/aromatic N) is 2. The Morgan fingerprint density at radius 3 is 2.52 bits per heavy atom. The quantitative estimate of drug-likeness (QED) is 0.563. The van der Waals surface area contributed by atoms with E-state index in [0.717, 1.165) is 5.56 Å². The van der Waals surface area contributed by atoms with Crippen molar-refractivity contribution in [2.75, 3.05) is 18.2 Å². The molecule has 2 aromatic heterocycles. The molecule has 0 saturated heterocycles. The molecule has 2 heterocycles. The summed E-state index contributed by atoms with van der Waals surface area (Å²) in [6, 6.07) is 11.2. The molecule has 1 amide bonds. The number of amides is 1. The standard InChI is InChI=1S/C18H15FN4O2/c1-25-13-4-6-15(21-10-13)18(24)23-16-8-11(2-5-14(16)20)12-3-7-17(19)22-9-12/h2-10H,20H2,1H3,(H,23,24). The Morgan fingerprint density at radius 2 is 1.88 bits per heavy atom. The number of anilines is 2. The van der Waals surface area contributed by atoms with Gasteiger partial charge in [-0.3, -0.25) is 4.79 Å². The van der Waals surface area contributed by atoms with Gasteiger partial charge in [0.05, 0.1) is 24.7 Å². The highest BCUT2D eigenvalue weighted by Crippen LogP contribution is 2.27. The number of methoxy groups -OCH3 is 1. The van der Waals surface area contributed by atoms with Gasteiger partial charge >= 0.3 is 0 Å². The molecule has 7 heteroatoms. The number of halogens is 1. The molecule has 0 bridgehead atoms. The number of hydrogen-bond donors (Lipinski definition) is 2. The molecule has 25 heavy (non-hydrogen) atoms. The van der Waals surface area contributed by atoms with Gasteiger partial charge in [-0.1, -0.05) is 6.07 Å². The first-order chi connectivity index (χ1) is 12.1. The molecule has 0 radical (unpaired) electrons. The molecule has 0 aliphatic carbocycles. The minimum absolute atomic E-state index is 0.231. The molecular formula is C18H15FN4O2. The summed E-state index contributed by atoms with van der Waals surface area (Å²) in [7, 11) is 1.52. The van der Waals surface area contributed by atoms with Crippen molar-refractivity contribution in [2.45, 2.75) is 0 Å². The summed E-state index contributed by atoms with van der Waals surface area (Å²) in [5.74, 6) is -0.399. The lowest BCUT2D eigenvalue weighted by atomic mass is 10.1. The lowest BCUT2D eigenvalue weighted by Gasteiger charge is -2.10. The number of ether oxygens (including phenoxy) is 1. The van der Waals surface area contributed by atoms with Crippen molar-refractivity contribution in [1.82, 2.24) is 9.97 Å². The zero-order valence-electron chi connectivity index (χ0n) is 13.4. The van der Waals surface area contributed by atoms with Crippen LogP contribution in [0.3, 0.4) is 0 Å². The minimum atomic E-state index is -0.557. The third kappa shape index (κ3) is 3.72. The second-order valence-electron chi connectivity index (χ2n) is 5.21. The summed E-state index contributed by atoms with van der Waals surface area (Å²) < 4.78 is 18.0. The molecule has 0 atom stereocenters. The van der Waals surface area contributed by atoms with E-state index in [1.165, 1.54) is 25.6 Å². The van der Waals surface area contributed by atoms with Crippen molar-refractivity contribution in [3.8, 4) is 16.9 Å². The molecule has 0 spiro atoms. The van der Waals surface area contributed by atoms with E-state index in [1.54, 1.807) is 36.4 Å². The van der Waals surface area contributed by atoms with Crippen LogP contribution >= 0.6 is 0 Å². The lowest BCUT2D eigenvalue weighted by molar-refractivity contribution is 0.102. The van der Waals surface area contributed by atoms with Crippen LogP contribution in [-0.2, 0) is 0 Å². The Hall–Kier alpha value is -3.48. The molecule has 3 N–H and O–H groups in total. The van der Waals surface area contributed by atoms with Gasteiger partial charge in [0.15, 0.2) is 0 Å². The van der Waals surface area contributed by atoms with Gasteiger partial charge in [0.2, 0.25) is 5.95 Å². The van der Waals surface area contributed by atoms with Crippen molar-refractivity contribution in [3.63, 3.8) is 0 Å². The summed E-state index contributed by atoms with van der Waals surface area (Å²) in [6.07, 6.45) is 2.87. The number of hydrogen-bond acceptors (Lipinski definition) is 5. The second kappa shape index (κ2) is 6.96. The number of nitrogen functional groups attached to an aromatic ring is 1. The van der Waals surface area contributed by atoms with E-state index in [0.29, 0.717) is 22.7 Å². The zero-order valence-corrected chi connectivity index (χ0v) is 13.4. The normalized spacial score (nSPS) is 10.3. The molecule has 1 aromatic carbocycles. The number of pyridine rings is 2. The van der Waals surface area contributed by atoms with Crippen LogP contribution < -0.4 is 15.8 Å². The maximum atomic E-state index is 13.0. The molecule has 3 aromatic rings. The van der Waals surface area contributed by atoms with Gasteiger partial charge in [-0.15, -0.1) is 0 Å². The van der Waals surface area contributed by atoms with Crippen molar-refractivity contribution in [1.29, 1.82) is 0 Å². The van der Waals surface area contributed by atoms with Crippen LogP contribution in [-0.4, -0.2) is 23.0 Å². The topological polar surface area (TPSA) is 90.1 Å². The first kappa shape index (κ1) is 16.4. The summed E-state index contributed by atoms with van der Waals surface area (Å²) in [6.45, 7) is 0. The minimum Gasteiger partial charge on any atom is -0.495 e. The predicted molar refractivity (Wildman–Crippen MR) is 92.8 cm³/mol. The van der Waals surface area contributed by atoms with Crippen molar-refractivity contribution in [3.05, 3.63) is 66.5 Å². The van der Waals surface area contributed by atoms with E-state index in [9.17, 15) is 9.18 Å². The average Bonchev–Trinajstić information content (AvgIpc) is 2.64. The summed E-state index contributed by atoms with van der Waals surface area (Å²) >= 11 is 0. The number of nitrogens with two attached hydrogens (primary N) is 1. The predicted octanol–water partition coefficient (Wildman–Crippen LogP) is 3.13. The number of carbonyl (C=O) groups is 1. The number of aromatic nitrogens is 2. The Balaban J connectivity index is 1.84. The molecule has 126 valence electrons. The van der Waals surface area contributed by atoms with Crippen LogP contribution in [0.5, 0.6) is 5.75 Å². The highest BCUT2D eigenvalue weighted by molar-refractivity contribution is 6.04. The molecule has 0 aliphatic rings. The molecule has 6 nitrogen and oxygen atoms in total. The maximum absolute atomic E-state index is 13.0. The molecule has 0 fully saturated rings. The zero-order chi connectivity index (χ0) is 17.8. The summed E-state index contributed by atoms with van der Waals surface area (Å²) in [5.41, 5.74) is 8.46. The van der Waals surface area contributed by atoms with Gasteiger partial charge < -0.3 is 15.8 Å². The Kier molecular flexibility index (Phi) is 4.56. The Bertz CT molecular complexity index is 896. The van der Waals surface area contributed by atoms with Gasteiger partial charge in [-0.2, -0.15) is 4.39 Å². The van der Waals surface area contributed by atoms with E-state index >= 15 is 0 Å². The van der Waals surface area contributed by atoms with Gasteiger partial charge in [-0.25, -0.2) is 9.97 Å². The molecular weight excluding hydrogens is 323 g/mol. The van der Waals surface area contributed by atoms with Gasteiger partial charge in [0, 0.05) is 11.8 Å². The van der Waals surface area contributed by atoms with E-state index in [1.807, 2.05) is 0 Å². The first-order valence-electron chi connectivity index (χ1n) is 7.39. The third-order valence-electron chi connectivity index (χ3n) is 3.57.